The molecule has 0 amide bonds. The van der Waals surface area contributed by atoms with Gasteiger partial charge in [-0.1, -0.05) is 257 Å². The third-order valence-electron chi connectivity index (χ3n) is 13.2. The lowest BCUT2D eigenvalue weighted by molar-refractivity contribution is -0.167. The highest BCUT2D eigenvalue weighted by Gasteiger charge is 2.19. The molecule has 0 spiro atoms. The van der Waals surface area contributed by atoms with Crippen LogP contribution in [0.15, 0.2) is 24.3 Å². The van der Waals surface area contributed by atoms with E-state index in [1.165, 1.54) is 212 Å². The van der Waals surface area contributed by atoms with Crippen molar-refractivity contribution < 1.29 is 28.6 Å². The largest absolute Gasteiger partial charge is 0.462 e. The molecule has 6 nitrogen and oxygen atoms in total. The summed E-state index contributed by atoms with van der Waals surface area (Å²) in [5.41, 5.74) is 0. The van der Waals surface area contributed by atoms with Gasteiger partial charge in [0.15, 0.2) is 6.10 Å². The number of hydrogen-bond donors (Lipinski definition) is 0. The Labute approximate surface area is 411 Å². The first-order chi connectivity index (χ1) is 32.5. The molecule has 0 aliphatic carbocycles. The normalized spacial score (nSPS) is 12.1. The second-order valence-corrected chi connectivity index (χ2v) is 19.9. The van der Waals surface area contributed by atoms with Crippen molar-refractivity contribution >= 4 is 17.9 Å². The highest BCUT2D eigenvalue weighted by molar-refractivity contribution is 5.71. The van der Waals surface area contributed by atoms with Crippen LogP contribution in [0.1, 0.15) is 323 Å². The topological polar surface area (TPSA) is 78.9 Å². The predicted octanol–water partition coefficient (Wildman–Crippen LogP) is 19.5. The molecule has 0 aliphatic heterocycles. The number of allylic oxidation sites excluding steroid dienone is 4. The van der Waals surface area contributed by atoms with E-state index in [1.54, 1.807) is 0 Å². The molecule has 0 aromatic rings. The number of rotatable bonds is 54. The maximum atomic E-state index is 12.9. The molecule has 1 atom stereocenters. The van der Waals surface area contributed by atoms with Gasteiger partial charge in [-0.05, 0) is 70.6 Å². The molecule has 0 fully saturated rings. The van der Waals surface area contributed by atoms with Gasteiger partial charge in [-0.15, -0.1) is 0 Å². The standard InChI is InChI=1S/C60H112O6/c1-4-7-10-13-16-19-22-25-28-30-31-33-35-38-41-44-47-50-53-59(62)65-56-57(55-64-58(61)52-49-46-43-40-37-34-27-24-21-18-15-12-9-6-3)66-60(63)54-51-48-45-42-39-36-32-29-26-23-20-17-14-11-8-5-2/h31,33-34,37,57H,4-30,32,35-36,38-56H2,1-3H3/b33-31-,37-34-. The lowest BCUT2D eigenvalue weighted by Crippen LogP contribution is -2.30. The first kappa shape index (κ1) is 63.9. The van der Waals surface area contributed by atoms with E-state index in [-0.39, 0.29) is 31.1 Å². The fraction of sp³-hybridized carbons (Fsp3) is 0.883. The van der Waals surface area contributed by atoms with Crippen molar-refractivity contribution in [2.75, 3.05) is 13.2 Å². The molecule has 0 heterocycles. The van der Waals surface area contributed by atoms with Gasteiger partial charge in [0.25, 0.3) is 0 Å². The van der Waals surface area contributed by atoms with Crippen LogP contribution in [0, 0.1) is 0 Å². The summed E-state index contributed by atoms with van der Waals surface area (Å²) >= 11 is 0. The van der Waals surface area contributed by atoms with Gasteiger partial charge in [-0.25, -0.2) is 0 Å². The molecule has 0 aliphatic rings. The average molecular weight is 930 g/mol. The maximum Gasteiger partial charge on any atom is 0.306 e. The molecule has 0 aromatic heterocycles. The highest BCUT2D eigenvalue weighted by atomic mass is 16.6. The summed E-state index contributed by atoms with van der Waals surface area (Å²) in [6.07, 6.45) is 64.5. The zero-order valence-electron chi connectivity index (χ0n) is 44.5. The first-order valence-corrected chi connectivity index (χ1v) is 29.3. The number of unbranched alkanes of at least 4 members (excludes halogenated alkanes) is 39. The van der Waals surface area contributed by atoms with Crippen molar-refractivity contribution in [1.29, 1.82) is 0 Å². The summed E-state index contributed by atoms with van der Waals surface area (Å²) in [5, 5.41) is 0. The minimum Gasteiger partial charge on any atom is -0.462 e. The van der Waals surface area contributed by atoms with Crippen molar-refractivity contribution in [2.24, 2.45) is 0 Å². The Morgan fingerprint density at radius 1 is 0.288 bits per heavy atom. The summed E-state index contributed by atoms with van der Waals surface area (Å²) in [6, 6.07) is 0. The molecule has 0 aromatic carbocycles. The van der Waals surface area contributed by atoms with Crippen LogP contribution < -0.4 is 0 Å². The van der Waals surface area contributed by atoms with Gasteiger partial charge >= 0.3 is 17.9 Å². The van der Waals surface area contributed by atoms with Crippen LogP contribution in [0.3, 0.4) is 0 Å². The number of carbonyl (C=O) groups is 3. The summed E-state index contributed by atoms with van der Waals surface area (Å²) in [6.45, 7) is 6.67. The summed E-state index contributed by atoms with van der Waals surface area (Å²) in [5.74, 6) is -0.879. The Morgan fingerprint density at radius 3 is 0.773 bits per heavy atom. The van der Waals surface area contributed by atoms with E-state index in [4.69, 9.17) is 14.2 Å². The zero-order valence-corrected chi connectivity index (χ0v) is 44.5. The monoisotopic (exact) mass is 929 g/mol. The quantitative estimate of drug-likeness (QED) is 0.0262. The summed E-state index contributed by atoms with van der Waals surface area (Å²) in [4.78, 5) is 38.1. The van der Waals surface area contributed by atoms with Crippen LogP contribution in [-0.4, -0.2) is 37.2 Å². The Kier molecular flexibility index (Phi) is 53.7. The molecule has 388 valence electrons. The lowest BCUT2D eigenvalue weighted by atomic mass is 10.0. The Morgan fingerprint density at radius 2 is 0.500 bits per heavy atom. The van der Waals surface area contributed by atoms with Gasteiger partial charge < -0.3 is 14.2 Å². The Hall–Kier alpha value is -2.11. The van der Waals surface area contributed by atoms with Crippen molar-refractivity contribution in [3.63, 3.8) is 0 Å². The molecule has 6 heteroatoms. The highest BCUT2D eigenvalue weighted by Crippen LogP contribution is 2.16. The van der Waals surface area contributed by atoms with Crippen LogP contribution in [0.4, 0.5) is 0 Å². The van der Waals surface area contributed by atoms with E-state index in [9.17, 15) is 14.4 Å². The molecular formula is C60H112O6. The molecule has 66 heavy (non-hydrogen) atoms. The van der Waals surface area contributed by atoms with Gasteiger partial charge in [-0.2, -0.15) is 0 Å². The minimum atomic E-state index is -0.777. The predicted molar refractivity (Wildman–Crippen MR) is 284 cm³/mol. The van der Waals surface area contributed by atoms with Gasteiger partial charge in [-0.3, -0.25) is 14.4 Å². The van der Waals surface area contributed by atoms with Crippen LogP contribution >= 0.6 is 0 Å². The summed E-state index contributed by atoms with van der Waals surface area (Å²) < 4.78 is 16.9. The van der Waals surface area contributed by atoms with Crippen LogP contribution in [0.25, 0.3) is 0 Å². The SMILES string of the molecule is CCCCCCCCC/C=C\CCCCCC(=O)OCC(COC(=O)CCCCCCC/C=C\CCCCCCCCCCC)OC(=O)CCCCCCCCCCCCCCCCCC. The second-order valence-electron chi connectivity index (χ2n) is 19.9. The van der Waals surface area contributed by atoms with Gasteiger partial charge in [0.05, 0.1) is 0 Å². The van der Waals surface area contributed by atoms with Crippen molar-refractivity contribution in [1.82, 2.24) is 0 Å². The van der Waals surface area contributed by atoms with E-state index < -0.39 is 6.10 Å². The maximum absolute atomic E-state index is 12.9. The van der Waals surface area contributed by atoms with Crippen molar-refractivity contribution in [2.45, 2.75) is 329 Å². The lowest BCUT2D eigenvalue weighted by Gasteiger charge is -2.18. The third kappa shape index (κ3) is 52.9. The average Bonchev–Trinajstić information content (AvgIpc) is 3.31. The minimum absolute atomic E-state index is 0.0760. The summed E-state index contributed by atoms with van der Waals surface area (Å²) in [7, 11) is 0. The smallest absolute Gasteiger partial charge is 0.306 e. The van der Waals surface area contributed by atoms with E-state index in [0.717, 1.165) is 70.6 Å². The number of ether oxygens (including phenoxy) is 3. The van der Waals surface area contributed by atoms with Gasteiger partial charge in [0, 0.05) is 19.3 Å². The molecular weight excluding hydrogens is 817 g/mol. The zero-order chi connectivity index (χ0) is 47.9. The van der Waals surface area contributed by atoms with Gasteiger partial charge in [0.2, 0.25) is 0 Å². The molecule has 0 rings (SSSR count). The first-order valence-electron chi connectivity index (χ1n) is 29.3. The van der Waals surface area contributed by atoms with E-state index in [0.29, 0.717) is 19.3 Å². The molecule has 0 bridgehead atoms. The van der Waals surface area contributed by atoms with Crippen LogP contribution in [0.2, 0.25) is 0 Å². The molecule has 1 unspecified atom stereocenters. The van der Waals surface area contributed by atoms with Gasteiger partial charge in [0.1, 0.15) is 13.2 Å². The Balaban J connectivity index is 4.35. The fourth-order valence-corrected chi connectivity index (χ4v) is 8.73. The Bertz CT molecular complexity index is 1070. The van der Waals surface area contributed by atoms with E-state index in [1.807, 2.05) is 0 Å². The molecule has 0 radical (unpaired) electrons. The second kappa shape index (κ2) is 55.5. The fourth-order valence-electron chi connectivity index (χ4n) is 8.73. The van der Waals surface area contributed by atoms with E-state index in [2.05, 4.69) is 45.1 Å². The van der Waals surface area contributed by atoms with Crippen molar-refractivity contribution in [3.8, 4) is 0 Å². The van der Waals surface area contributed by atoms with Crippen LogP contribution in [0.5, 0.6) is 0 Å². The number of esters is 3. The van der Waals surface area contributed by atoms with E-state index >= 15 is 0 Å². The molecule has 0 saturated heterocycles. The number of hydrogen-bond acceptors (Lipinski definition) is 6. The van der Waals surface area contributed by atoms with Crippen LogP contribution in [-0.2, 0) is 28.6 Å². The third-order valence-corrected chi connectivity index (χ3v) is 13.2. The molecule has 0 saturated carbocycles. The van der Waals surface area contributed by atoms with Crippen molar-refractivity contribution in [3.05, 3.63) is 24.3 Å². The molecule has 0 N–H and O–H groups in total. The number of carbonyl (C=O) groups excluding carboxylic acids is 3.